The fraction of sp³-hybridized carbons (Fsp3) is 0.208. The monoisotopic (exact) mass is 735 g/mol. The predicted octanol–water partition coefficient (Wildman–Crippen LogP) is 13.4. The first-order chi connectivity index (χ1) is 27.2. The molecule has 0 heterocycles. The van der Waals surface area contributed by atoms with Crippen molar-refractivity contribution in [3.05, 3.63) is 231 Å². The minimum Gasteiger partial charge on any atom is -0.361 e. The largest absolute Gasteiger partial charge is 0.361 e. The zero-order valence-electron chi connectivity index (χ0n) is 33.8. The Kier molecular flexibility index (Phi) is 11.4. The Hall–Kier alpha value is -5.74. The highest BCUT2D eigenvalue weighted by Gasteiger charge is 2.39. The Labute approximate surface area is 334 Å². The third-order valence-electron chi connectivity index (χ3n) is 10.9. The lowest BCUT2D eigenvalue weighted by Crippen LogP contribution is -2.33. The minimum atomic E-state index is -0.778. The van der Waals surface area contributed by atoms with E-state index in [-0.39, 0.29) is 0 Å². The summed E-state index contributed by atoms with van der Waals surface area (Å²) in [6.45, 7) is 15.9. The van der Waals surface area contributed by atoms with Gasteiger partial charge in [0.05, 0.1) is 0 Å². The maximum atomic E-state index is 6.88. The molecule has 0 atom stereocenters. The van der Waals surface area contributed by atoms with E-state index < -0.39 is 11.2 Å². The highest BCUT2D eigenvalue weighted by molar-refractivity contribution is 5.77. The molecule has 0 fully saturated rings. The van der Waals surface area contributed by atoms with E-state index in [0.717, 1.165) is 50.4 Å². The summed E-state index contributed by atoms with van der Waals surface area (Å²) in [5, 5.41) is 0. The van der Waals surface area contributed by atoms with Crippen molar-refractivity contribution in [2.75, 3.05) is 18.1 Å². The second kappa shape index (κ2) is 16.5. The average molecular weight is 736 g/mol. The quantitative estimate of drug-likeness (QED) is 0.110. The van der Waals surface area contributed by atoms with Crippen LogP contribution in [0.2, 0.25) is 0 Å². The van der Waals surface area contributed by atoms with Crippen LogP contribution in [0.4, 0.5) is 17.1 Å². The first-order valence-electron chi connectivity index (χ1n) is 19.8. The van der Waals surface area contributed by atoms with Crippen LogP contribution in [0.1, 0.15) is 75.0 Å². The molecule has 56 heavy (non-hydrogen) atoms. The number of ether oxygens (including phenoxy) is 2. The van der Waals surface area contributed by atoms with E-state index in [1.54, 1.807) is 0 Å². The van der Waals surface area contributed by atoms with Gasteiger partial charge in [-0.3, -0.25) is 0 Å². The molecule has 0 aliphatic rings. The van der Waals surface area contributed by atoms with Gasteiger partial charge in [0.15, 0.2) is 0 Å². The summed E-state index contributed by atoms with van der Waals surface area (Å²) in [7, 11) is 0. The van der Waals surface area contributed by atoms with Gasteiger partial charge >= 0.3 is 0 Å². The Morgan fingerprint density at radius 1 is 0.304 bits per heavy atom. The molecular formula is C53H53NO2. The molecule has 0 aromatic heterocycles. The van der Waals surface area contributed by atoms with E-state index in [9.17, 15) is 0 Å². The third-order valence-corrected chi connectivity index (χ3v) is 10.9. The molecule has 0 aliphatic carbocycles. The van der Waals surface area contributed by atoms with Crippen LogP contribution in [0.25, 0.3) is 0 Å². The zero-order chi connectivity index (χ0) is 39.3. The molecule has 0 amide bonds. The van der Waals surface area contributed by atoms with E-state index in [4.69, 9.17) is 9.47 Å². The highest BCUT2D eigenvalue weighted by Crippen LogP contribution is 2.45. The summed E-state index contributed by atoms with van der Waals surface area (Å²) < 4.78 is 13.8. The fourth-order valence-electron chi connectivity index (χ4n) is 7.92. The molecule has 282 valence electrons. The number of aryl methyl sites for hydroxylation is 5. The van der Waals surface area contributed by atoms with Gasteiger partial charge in [-0.1, -0.05) is 161 Å². The first-order valence-corrected chi connectivity index (χ1v) is 19.8. The molecule has 0 saturated heterocycles. The predicted molar refractivity (Wildman–Crippen MR) is 234 cm³/mol. The normalized spacial score (nSPS) is 11.8. The van der Waals surface area contributed by atoms with Crippen LogP contribution >= 0.6 is 0 Å². The van der Waals surface area contributed by atoms with Crippen LogP contribution in [-0.2, 0) is 20.7 Å². The van der Waals surface area contributed by atoms with Gasteiger partial charge in [-0.15, -0.1) is 0 Å². The van der Waals surface area contributed by atoms with Crippen LogP contribution in [0.3, 0.4) is 0 Å². The molecule has 0 N–H and O–H groups in total. The molecule has 0 unspecified atom stereocenters. The Bertz CT molecular complexity index is 2080. The van der Waals surface area contributed by atoms with E-state index in [1.165, 1.54) is 27.8 Å². The summed E-state index contributed by atoms with van der Waals surface area (Å²) in [6, 6.07) is 61.6. The first kappa shape index (κ1) is 38.5. The molecule has 7 aromatic rings. The molecule has 7 rings (SSSR count). The van der Waals surface area contributed by atoms with Crippen molar-refractivity contribution in [2.24, 2.45) is 0 Å². The fourth-order valence-corrected chi connectivity index (χ4v) is 7.92. The molecule has 0 saturated carbocycles. The van der Waals surface area contributed by atoms with Crippen LogP contribution in [0.15, 0.2) is 170 Å². The van der Waals surface area contributed by atoms with Gasteiger partial charge < -0.3 is 14.4 Å². The smallest absolute Gasteiger partial charge is 0.143 e. The number of anilines is 3. The average Bonchev–Trinajstić information content (AvgIpc) is 3.22. The summed E-state index contributed by atoms with van der Waals surface area (Å²) >= 11 is 0. The van der Waals surface area contributed by atoms with Gasteiger partial charge in [0.1, 0.15) is 11.2 Å². The van der Waals surface area contributed by atoms with Crippen molar-refractivity contribution in [1.29, 1.82) is 0 Å². The Morgan fingerprint density at radius 3 is 0.696 bits per heavy atom. The minimum absolute atomic E-state index is 0.555. The van der Waals surface area contributed by atoms with E-state index in [1.807, 2.05) is 0 Å². The van der Waals surface area contributed by atoms with Gasteiger partial charge in [0.2, 0.25) is 0 Å². The van der Waals surface area contributed by atoms with Crippen LogP contribution in [-0.4, -0.2) is 13.2 Å². The lowest BCUT2D eigenvalue weighted by molar-refractivity contribution is 0.0214. The lowest BCUT2D eigenvalue weighted by Gasteiger charge is -2.37. The van der Waals surface area contributed by atoms with E-state index in [2.05, 4.69) is 223 Å². The Balaban J connectivity index is 1.36. The number of benzene rings is 7. The molecule has 0 spiro atoms. The van der Waals surface area contributed by atoms with Gasteiger partial charge in [-0.05, 0) is 118 Å². The molecule has 3 nitrogen and oxygen atoms in total. The molecule has 3 heteroatoms. The number of rotatable bonds is 13. The number of hydrogen-bond donors (Lipinski definition) is 0. The van der Waals surface area contributed by atoms with Crippen molar-refractivity contribution >= 4 is 17.1 Å². The highest BCUT2D eigenvalue weighted by atomic mass is 16.5. The van der Waals surface area contributed by atoms with Crippen LogP contribution in [0.5, 0.6) is 0 Å². The maximum Gasteiger partial charge on any atom is 0.143 e. The maximum absolute atomic E-state index is 6.88. The summed E-state index contributed by atoms with van der Waals surface area (Å²) in [5.41, 5.74) is 14.3. The molecule has 0 radical (unpaired) electrons. The summed E-state index contributed by atoms with van der Waals surface area (Å²) in [5.74, 6) is 0. The van der Waals surface area contributed by atoms with Crippen molar-refractivity contribution in [3.8, 4) is 0 Å². The van der Waals surface area contributed by atoms with Crippen molar-refractivity contribution < 1.29 is 9.47 Å². The summed E-state index contributed by atoms with van der Waals surface area (Å²) in [6.07, 6.45) is 0. The van der Waals surface area contributed by atoms with Gasteiger partial charge in [0, 0.05) is 30.3 Å². The zero-order valence-corrected chi connectivity index (χ0v) is 33.8. The van der Waals surface area contributed by atoms with Crippen molar-refractivity contribution in [3.63, 3.8) is 0 Å². The topological polar surface area (TPSA) is 21.7 Å². The third kappa shape index (κ3) is 7.45. The summed E-state index contributed by atoms with van der Waals surface area (Å²) in [4.78, 5) is 2.33. The number of hydrogen-bond acceptors (Lipinski definition) is 3. The molecule has 0 bridgehead atoms. The van der Waals surface area contributed by atoms with E-state index >= 15 is 0 Å². The van der Waals surface area contributed by atoms with Crippen molar-refractivity contribution in [1.82, 2.24) is 0 Å². The van der Waals surface area contributed by atoms with Crippen LogP contribution in [0, 0.1) is 34.6 Å². The van der Waals surface area contributed by atoms with Crippen LogP contribution < -0.4 is 4.90 Å². The van der Waals surface area contributed by atoms with E-state index in [0.29, 0.717) is 13.2 Å². The standard InChI is InChI=1S/C53H53NO2/c1-8-55-52(43-20-10-38(3)11-21-43,44-22-12-39(4)13-23-44)47-28-34-50(35-29-47)54(49-32-18-42(7)19-33-49)51-36-30-48(31-37-51)53(56-9-2,45-24-14-40(5)15-25-45)46-26-16-41(6)17-27-46/h10-37H,8-9H2,1-7H3. The second-order valence-electron chi connectivity index (χ2n) is 15.0. The SMILES string of the molecule is CCOC(c1ccc(C)cc1)(c1ccc(C)cc1)c1ccc(N(c2ccc(C)cc2)c2ccc(C(OCC)(c3ccc(C)cc3)c3ccc(C)cc3)cc2)cc1. The lowest BCUT2D eigenvalue weighted by atomic mass is 9.79. The van der Waals surface area contributed by atoms with Gasteiger partial charge in [0.25, 0.3) is 0 Å². The Morgan fingerprint density at radius 2 is 0.482 bits per heavy atom. The molecule has 7 aromatic carbocycles. The second-order valence-corrected chi connectivity index (χ2v) is 15.0. The van der Waals surface area contributed by atoms with Crippen molar-refractivity contribution in [2.45, 2.75) is 59.7 Å². The van der Waals surface area contributed by atoms with Gasteiger partial charge in [-0.25, -0.2) is 0 Å². The van der Waals surface area contributed by atoms with Gasteiger partial charge in [-0.2, -0.15) is 0 Å². The number of nitrogens with zero attached hydrogens (tertiary/aromatic N) is 1. The molecular weight excluding hydrogens is 683 g/mol. The molecule has 0 aliphatic heterocycles.